The van der Waals surface area contributed by atoms with E-state index in [9.17, 15) is 5.11 Å². The smallest absolute Gasteiger partial charge is 0.125 e. The van der Waals surface area contributed by atoms with Crippen LogP contribution in [-0.4, -0.2) is 11.7 Å². The van der Waals surface area contributed by atoms with E-state index in [1.807, 2.05) is 38.1 Å². The first kappa shape index (κ1) is 11.5. The zero-order valence-corrected chi connectivity index (χ0v) is 10.1. The van der Waals surface area contributed by atoms with Crippen molar-refractivity contribution < 1.29 is 9.84 Å². The van der Waals surface area contributed by atoms with Crippen LogP contribution in [0.2, 0.25) is 0 Å². The topological polar surface area (TPSA) is 29.5 Å². The lowest BCUT2D eigenvalue weighted by atomic mass is 9.86. The van der Waals surface area contributed by atoms with Crippen LogP contribution in [0.1, 0.15) is 38.7 Å². The van der Waals surface area contributed by atoms with Gasteiger partial charge in [-0.3, -0.25) is 0 Å². The quantitative estimate of drug-likeness (QED) is 0.826. The Kier molecular flexibility index (Phi) is 3.20. The molecule has 2 rings (SSSR count). The molecule has 0 spiro atoms. The molecule has 0 aromatic heterocycles. The summed E-state index contributed by atoms with van der Waals surface area (Å²) in [6.07, 6.45) is 3.01. The van der Waals surface area contributed by atoms with Gasteiger partial charge in [0.2, 0.25) is 0 Å². The number of benzene rings is 1. The molecule has 88 valence electrons. The van der Waals surface area contributed by atoms with Gasteiger partial charge in [-0.15, -0.1) is 0 Å². The van der Waals surface area contributed by atoms with Crippen LogP contribution in [0.5, 0.6) is 5.75 Å². The van der Waals surface area contributed by atoms with E-state index in [1.54, 1.807) is 0 Å². The summed E-state index contributed by atoms with van der Waals surface area (Å²) >= 11 is 0. The maximum absolute atomic E-state index is 10.8. The lowest BCUT2D eigenvalue weighted by Gasteiger charge is -2.29. The molecule has 1 unspecified atom stereocenters. The van der Waals surface area contributed by atoms with Crippen molar-refractivity contribution >= 4 is 0 Å². The third-order valence-electron chi connectivity index (χ3n) is 3.45. The second-order valence-corrected chi connectivity index (χ2v) is 4.48. The van der Waals surface area contributed by atoms with Crippen molar-refractivity contribution in [3.63, 3.8) is 0 Å². The zero-order valence-electron chi connectivity index (χ0n) is 10.1. The Morgan fingerprint density at radius 1 is 1.31 bits per heavy atom. The highest BCUT2D eigenvalue weighted by Crippen LogP contribution is 2.49. The molecule has 1 aliphatic carbocycles. The van der Waals surface area contributed by atoms with Crippen LogP contribution in [-0.2, 0) is 5.60 Å². The molecule has 2 heteroatoms. The molecule has 16 heavy (non-hydrogen) atoms. The van der Waals surface area contributed by atoms with Gasteiger partial charge in [0.1, 0.15) is 5.75 Å². The number of hydrogen-bond acceptors (Lipinski definition) is 2. The summed E-state index contributed by atoms with van der Waals surface area (Å²) in [6.45, 7) is 4.65. The Morgan fingerprint density at radius 2 is 2.00 bits per heavy atom. The second-order valence-electron chi connectivity index (χ2n) is 4.48. The van der Waals surface area contributed by atoms with E-state index < -0.39 is 5.60 Å². The van der Waals surface area contributed by atoms with Gasteiger partial charge in [0.15, 0.2) is 0 Å². The molecular weight excluding hydrogens is 200 g/mol. The van der Waals surface area contributed by atoms with Crippen molar-refractivity contribution in [2.75, 3.05) is 6.61 Å². The summed E-state index contributed by atoms with van der Waals surface area (Å²) in [5.41, 5.74) is 0.271. The van der Waals surface area contributed by atoms with E-state index in [2.05, 4.69) is 0 Å². The molecule has 1 aliphatic rings. The van der Waals surface area contributed by atoms with Gasteiger partial charge in [-0.2, -0.15) is 0 Å². The maximum atomic E-state index is 10.8. The normalized spacial score (nSPS) is 19.2. The fraction of sp³-hybridized carbons (Fsp3) is 0.571. The summed E-state index contributed by atoms with van der Waals surface area (Å²) < 4.78 is 5.60. The van der Waals surface area contributed by atoms with Gasteiger partial charge in [-0.25, -0.2) is 0 Å². The fourth-order valence-electron chi connectivity index (χ4n) is 2.37. The molecule has 0 aliphatic heterocycles. The van der Waals surface area contributed by atoms with Crippen molar-refractivity contribution in [2.45, 2.75) is 38.7 Å². The van der Waals surface area contributed by atoms with Crippen LogP contribution in [0.4, 0.5) is 0 Å². The Hall–Kier alpha value is -1.02. The summed E-state index contributed by atoms with van der Waals surface area (Å²) in [6, 6.07) is 7.87. The standard InChI is InChI=1S/C14H20O2/c1-3-14(15,11-9-10-11)12-7-5-6-8-13(12)16-4-2/h5-8,11,15H,3-4,9-10H2,1-2H3. The molecule has 0 heterocycles. The molecule has 1 aromatic rings. The largest absolute Gasteiger partial charge is 0.493 e. The van der Waals surface area contributed by atoms with Crippen LogP contribution >= 0.6 is 0 Å². The molecule has 0 amide bonds. The molecule has 1 aromatic carbocycles. The molecule has 1 atom stereocenters. The van der Waals surface area contributed by atoms with Crippen LogP contribution in [0, 0.1) is 5.92 Å². The van der Waals surface area contributed by atoms with E-state index >= 15 is 0 Å². The highest BCUT2D eigenvalue weighted by Gasteiger charge is 2.45. The Labute approximate surface area is 97.3 Å². The number of aliphatic hydroxyl groups is 1. The summed E-state index contributed by atoms with van der Waals surface area (Å²) in [5.74, 6) is 1.25. The summed E-state index contributed by atoms with van der Waals surface area (Å²) in [5, 5.41) is 10.8. The monoisotopic (exact) mass is 220 g/mol. The minimum atomic E-state index is -0.689. The van der Waals surface area contributed by atoms with Gasteiger partial charge >= 0.3 is 0 Å². The third kappa shape index (κ3) is 1.94. The number of hydrogen-bond donors (Lipinski definition) is 1. The number of ether oxygens (including phenoxy) is 1. The van der Waals surface area contributed by atoms with Crippen LogP contribution in [0.15, 0.2) is 24.3 Å². The number of para-hydroxylation sites is 1. The van der Waals surface area contributed by atoms with Gasteiger partial charge in [0.05, 0.1) is 12.2 Å². The highest BCUT2D eigenvalue weighted by molar-refractivity contribution is 5.39. The predicted molar refractivity (Wildman–Crippen MR) is 64.5 cm³/mol. The Morgan fingerprint density at radius 3 is 2.56 bits per heavy atom. The van der Waals surface area contributed by atoms with E-state index in [4.69, 9.17) is 4.74 Å². The average Bonchev–Trinajstić information content (AvgIpc) is 3.13. The Balaban J connectivity index is 2.36. The van der Waals surface area contributed by atoms with E-state index in [0.717, 1.165) is 30.6 Å². The van der Waals surface area contributed by atoms with Gasteiger partial charge in [0.25, 0.3) is 0 Å². The molecule has 2 nitrogen and oxygen atoms in total. The van der Waals surface area contributed by atoms with Gasteiger partial charge in [-0.05, 0) is 38.2 Å². The first-order chi connectivity index (χ1) is 7.72. The molecule has 0 bridgehead atoms. The third-order valence-corrected chi connectivity index (χ3v) is 3.45. The van der Waals surface area contributed by atoms with Gasteiger partial charge < -0.3 is 9.84 Å². The molecule has 0 radical (unpaired) electrons. The summed E-state index contributed by atoms with van der Waals surface area (Å²) in [7, 11) is 0. The van der Waals surface area contributed by atoms with Crippen molar-refractivity contribution in [3.05, 3.63) is 29.8 Å². The van der Waals surface area contributed by atoms with Crippen LogP contribution in [0.3, 0.4) is 0 Å². The fourth-order valence-corrected chi connectivity index (χ4v) is 2.37. The lowest BCUT2D eigenvalue weighted by Crippen LogP contribution is -2.28. The zero-order chi connectivity index (χ0) is 11.6. The molecule has 1 fully saturated rings. The van der Waals surface area contributed by atoms with Crippen molar-refractivity contribution in [1.82, 2.24) is 0 Å². The van der Waals surface area contributed by atoms with Crippen LogP contribution < -0.4 is 4.74 Å². The van der Waals surface area contributed by atoms with E-state index in [0.29, 0.717) is 12.5 Å². The molecule has 1 N–H and O–H groups in total. The maximum Gasteiger partial charge on any atom is 0.125 e. The minimum absolute atomic E-state index is 0.416. The van der Waals surface area contributed by atoms with Gasteiger partial charge in [-0.1, -0.05) is 25.1 Å². The van der Waals surface area contributed by atoms with E-state index in [-0.39, 0.29) is 0 Å². The summed E-state index contributed by atoms with van der Waals surface area (Å²) in [4.78, 5) is 0. The Bertz CT molecular complexity index is 358. The molecular formula is C14H20O2. The van der Waals surface area contributed by atoms with Crippen molar-refractivity contribution in [1.29, 1.82) is 0 Å². The van der Waals surface area contributed by atoms with Crippen LogP contribution in [0.25, 0.3) is 0 Å². The average molecular weight is 220 g/mol. The highest BCUT2D eigenvalue weighted by atomic mass is 16.5. The van der Waals surface area contributed by atoms with Crippen molar-refractivity contribution in [2.24, 2.45) is 5.92 Å². The number of rotatable bonds is 5. The van der Waals surface area contributed by atoms with Crippen molar-refractivity contribution in [3.8, 4) is 5.75 Å². The second kappa shape index (κ2) is 4.46. The van der Waals surface area contributed by atoms with Gasteiger partial charge in [0, 0.05) is 5.56 Å². The minimum Gasteiger partial charge on any atom is -0.493 e. The van der Waals surface area contributed by atoms with E-state index in [1.165, 1.54) is 0 Å². The predicted octanol–water partition coefficient (Wildman–Crippen LogP) is 3.09. The SMILES string of the molecule is CCOc1ccccc1C(O)(CC)C1CC1. The molecule has 0 saturated heterocycles. The molecule has 1 saturated carbocycles. The first-order valence-electron chi connectivity index (χ1n) is 6.17. The first-order valence-corrected chi connectivity index (χ1v) is 6.17. The lowest BCUT2D eigenvalue weighted by molar-refractivity contribution is 0.00637.